The molecule has 1 N–H and O–H groups in total. The SMILES string of the molecule is CCNC(=NCCC1CC2CCC1C2)N(C)CC1CCOC1.I. The van der Waals surface area contributed by atoms with Gasteiger partial charge in [-0.25, -0.2) is 0 Å². The minimum atomic E-state index is 0. The Labute approximate surface area is 158 Å². The summed E-state index contributed by atoms with van der Waals surface area (Å²) in [5.41, 5.74) is 0. The molecule has 0 amide bonds. The number of hydrogen-bond donors (Lipinski definition) is 1. The van der Waals surface area contributed by atoms with Crippen LogP contribution < -0.4 is 5.32 Å². The van der Waals surface area contributed by atoms with Crippen LogP contribution in [0.4, 0.5) is 0 Å². The summed E-state index contributed by atoms with van der Waals surface area (Å²) in [5, 5.41) is 3.45. The average Bonchev–Trinajstić information content (AvgIpc) is 3.23. The summed E-state index contributed by atoms with van der Waals surface area (Å²) in [6, 6.07) is 0. The highest BCUT2D eigenvalue weighted by atomic mass is 127. The summed E-state index contributed by atoms with van der Waals surface area (Å²) < 4.78 is 5.49. The molecule has 3 fully saturated rings. The van der Waals surface area contributed by atoms with Crippen LogP contribution in [0.3, 0.4) is 0 Å². The first-order valence-corrected chi connectivity index (χ1v) is 9.33. The maximum atomic E-state index is 5.49. The van der Waals surface area contributed by atoms with Crippen molar-refractivity contribution >= 4 is 29.9 Å². The zero-order valence-corrected chi connectivity index (χ0v) is 17.1. The van der Waals surface area contributed by atoms with E-state index in [0.717, 1.165) is 56.6 Å². The molecule has 2 aliphatic carbocycles. The van der Waals surface area contributed by atoms with Gasteiger partial charge in [0.15, 0.2) is 5.96 Å². The van der Waals surface area contributed by atoms with Gasteiger partial charge in [0, 0.05) is 39.2 Å². The van der Waals surface area contributed by atoms with Crippen molar-refractivity contribution in [3.63, 3.8) is 0 Å². The van der Waals surface area contributed by atoms with E-state index in [2.05, 4.69) is 24.2 Å². The van der Waals surface area contributed by atoms with Gasteiger partial charge in [0.25, 0.3) is 0 Å². The Balaban J connectivity index is 0.00000192. The van der Waals surface area contributed by atoms with Crippen LogP contribution in [0.25, 0.3) is 0 Å². The van der Waals surface area contributed by atoms with Crippen LogP contribution >= 0.6 is 24.0 Å². The molecule has 0 aromatic rings. The molecule has 1 aliphatic heterocycles. The Morgan fingerprint density at radius 1 is 1.26 bits per heavy atom. The van der Waals surface area contributed by atoms with Gasteiger partial charge in [-0.3, -0.25) is 4.99 Å². The van der Waals surface area contributed by atoms with E-state index in [-0.39, 0.29) is 24.0 Å². The highest BCUT2D eigenvalue weighted by Gasteiger charge is 2.38. The predicted octanol–water partition coefficient (Wildman–Crippen LogP) is 3.36. The molecule has 0 aromatic carbocycles. The lowest BCUT2D eigenvalue weighted by atomic mass is 9.86. The van der Waals surface area contributed by atoms with Gasteiger partial charge in [-0.15, -0.1) is 24.0 Å². The van der Waals surface area contributed by atoms with Crippen molar-refractivity contribution in [2.45, 2.75) is 45.4 Å². The normalized spacial score (nSPS) is 32.9. The molecule has 3 rings (SSSR count). The first kappa shape index (κ1) is 19.3. The summed E-state index contributed by atoms with van der Waals surface area (Å²) in [6.07, 6.45) is 8.45. The summed E-state index contributed by atoms with van der Waals surface area (Å²) in [4.78, 5) is 7.19. The van der Waals surface area contributed by atoms with Crippen molar-refractivity contribution < 1.29 is 4.74 Å². The molecule has 2 bridgehead atoms. The van der Waals surface area contributed by atoms with Gasteiger partial charge in [-0.05, 0) is 56.8 Å². The van der Waals surface area contributed by atoms with E-state index in [0.29, 0.717) is 5.92 Å². The van der Waals surface area contributed by atoms with Gasteiger partial charge in [0.1, 0.15) is 0 Å². The Kier molecular flexibility index (Phi) is 7.92. The second-order valence-corrected chi connectivity index (χ2v) is 7.57. The van der Waals surface area contributed by atoms with E-state index in [1.165, 1.54) is 38.5 Å². The molecule has 134 valence electrons. The highest BCUT2D eigenvalue weighted by molar-refractivity contribution is 14.0. The third-order valence-corrected chi connectivity index (χ3v) is 5.90. The third kappa shape index (κ3) is 5.21. The van der Waals surface area contributed by atoms with E-state index >= 15 is 0 Å². The number of aliphatic imine (C=N–C) groups is 1. The largest absolute Gasteiger partial charge is 0.381 e. The first-order chi connectivity index (χ1) is 10.8. The van der Waals surface area contributed by atoms with E-state index in [9.17, 15) is 0 Å². The van der Waals surface area contributed by atoms with Crippen molar-refractivity contribution in [3.8, 4) is 0 Å². The van der Waals surface area contributed by atoms with Crippen LogP contribution in [0, 0.1) is 23.7 Å². The lowest BCUT2D eigenvalue weighted by Crippen LogP contribution is -2.41. The number of nitrogens with one attached hydrogen (secondary N) is 1. The molecular formula is C18H34IN3O. The zero-order valence-electron chi connectivity index (χ0n) is 14.8. The number of ether oxygens (including phenoxy) is 1. The molecule has 4 unspecified atom stereocenters. The number of rotatable bonds is 6. The smallest absolute Gasteiger partial charge is 0.193 e. The molecular weight excluding hydrogens is 401 g/mol. The Morgan fingerprint density at radius 3 is 2.74 bits per heavy atom. The van der Waals surface area contributed by atoms with Crippen molar-refractivity contribution in [1.29, 1.82) is 0 Å². The highest BCUT2D eigenvalue weighted by Crippen LogP contribution is 2.49. The van der Waals surface area contributed by atoms with E-state index in [1.54, 1.807) is 0 Å². The summed E-state index contributed by atoms with van der Waals surface area (Å²) in [6.45, 7) is 6.98. The monoisotopic (exact) mass is 435 g/mol. The quantitative estimate of drug-likeness (QED) is 0.395. The maximum Gasteiger partial charge on any atom is 0.193 e. The molecule has 0 radical (unpaired) electrons. The minimum Gasteiger partial charge on any atom is -0.381 e. The average molecular weight is 435 g/mol. The molecule has 5 heteroatoms. The molecule has 1 heterocycles. The van der Waals surface area contributed by atoms with Crippen molar-refractivity contribution in [3.05, 3.63) is 0 Å². The van der Waals surface area contributed by atoms with Crippen molar-refractivity contribution in [2.75, 3.05) is 39.9 Å². The number of guanidine groups is 1. The van der Waals surface area contributed by atoms with Crippen LogP contribution in [0.1, 0.15) is 45.4 Å². The van der Waals surface area contributed by atoms with E-state index < -0.39 is 0 Å². The topological polar surface area (TPSA) is 36.9 Å². The van der Waals surface area contributed by atoms with Crippen molar-refractivity contribution in [1.82, 2.24) is 10.2 Å². The van der Waals surface area contributed by atoms with Crippen LogP contribution in [-0.4, -0.2) is 50.8 Å². The number of nitrogens with zero attached hydrogens (tertiary/aromatic N) is 2. The second-order valence-electron chi connectivity index (χ2n) is 7.57. The Hall–Kier alpha value is -0.0400. The summed E-state index contributed by atoms with van der Waals surface area (Å²) in [7, 11) is 2.16. The maximum absolute atomic E-state index is 5.49. The Morgan fingerprint density at radius 2 is 2.13 bits per heavy atom. The van der Waals surface area contributed by atoms with Gasteiger partial charge >= 0.3 is 0 Å². The lowest BCUT2D eigenvalue weighted by Gasteiger charge is -2.25. The molecule has 0 spiro atoms. The fourth-order valence-electron chi connectivity index (χ4n) is 4.74. The molecule has 4 atom stereocenters. The molecule has 2 saturated carbocycles. The van der Waals surface area contributed by atoms with E-state index in [4.69, 9.17) is 9.73 Å². The molecule has 3 aliphatic rings. The standard InChI is InChI=1S/C18H33N3O.HI/c1-3-19-18(21(2)12-15-7-9-22-13-15)20-8-6-17-11-14-4-5-16(17)10-14;/h14-17H,3-13H2,1-2H3,(H,19,20);1H. The van der Waals surface area contributed by atoms with Crippen LogP contribution in [0.15, 0.2) is 4.99 Å². The number of fused-ring (bicyclic) bond motifs is 2. The molecule has 1 saturated heterocycles. The molecule has 0 aromatic heterocycles. The van der Waals surface area contributed by atoms with Gasteiger partial charge in [-0.2, -0.15) is 0 Å². The second kappa shape index (κ2) is 9.44. The van der Waals surface area contributed by atoms with Gasteiger partial charge < -0.3 is 15.0 Å². The van der Waals surface area contributed by atoms with Crippen LogP contribution in [0.5, 0.6) is 0 Å². The third-order valence-electron chi connectivity index (χ3n) is 5.90. The molecule has 4 nitrogen and oxygen atoms in total. The lowest BCUT2D eigenvalue weighted by molar-refractivity contribution is 0.181. The minimum absolute atomic E-state index is 0. The predicted molar refractivity (Wildman–Crippen MR) is 107 cm³/mol. The number of halogens is 1. The van der Waals surface area contributed by atoms with E-state index in [1.807, 2.05) is 0 Å². The van der Waals surface area contributed by atoms with Crippen LogP contribution in [-0.2, 0) is 4.74 Å². The summed E-state index contributed by atoms with van der Waals surface area (Å²) >= 11 is 0. The van der Waals surface area contributed by atoms with Gasteiger partial charge in [0.2, 0.25) is 0 Å². The van der Waals surface area contributed by atoms with Crippen LogP contribution in [0.2, 0.25) is 0 Å². The first-order valence-electron chi connectivity index (χ1n) is 9.33. The number of hydrogen-bond acceptors (Lipinski definition) is 2. The Bertz CT molecular complexity index is 384. The molecule has 23 heavy (non-hydrogen) atoms. The fourth-order valence-corrected chi connectivity index (χ4v) is 4.74. The summed E-state index contributed by atoms with van der Waals surface area (Å²) in [5.74, 6) is 4.78. The van der Waals surface area contributed by atoms with Gasteiger partial charge in [-0.1, -0.05) is 6.42 Å². The zero-order chi connectivity index (χ0) is 15.4. The fraction of sp³-hybridized carbons (Fsp3) is 0.944. The van der Waals surface area contributed by atoms with Crippen molar-refractivity contribution in [2.24, 2.45) is 28.7 Å². The van der Waals surface area contributed by atoms with Gasteiger partial charge in [0.05, 0.1) is 6.61 Å².